The summed E-state index contributed by atoms with van der Waals surface area (Å²) in [6.45, 7) is 4.78. The van der Waals surface area contributed by atoms with E-state index < -0.39 is 97.5 Å². The van der Waals surface area contributed by atoms with E-state index in [1.807, 2.05) is 0 Å². The number of aliphatic hydroxyl groups excluding tert-OH is 1. The zero-order valence-corrected chi connectivity index (χ0v) is 61.7. The average molecular weight is 1370 g/mol. The van der Waals surface area contributed by atoms with Crippen LogP contribution in [0.25, 0.3) is 0 Å². The fourth-order valence-electron chi connectivity index (χ4n) is 10.5. The lowest BCUT2D eigenvalue weighted by Gasteiger charge is -2.21. The molecule has 3 N–H and O–H groups in total. The summed E-state index contributed by atoms with van der Waals surface area (Å²) in [5.74, 6) is -2.16. The highest BCUT2D eigenvalue weighted by Gasteiger charge is 2.30. The number of hydrogen-bond donors (Lipinski definition) is 3. The molecule has 0 saturated heterocycles. The van der Waals surface area contributed by atoms with Crippen molar-refractivity contribution in [2.24, 2.45) is 0 Å². The van der Waals surface area contributed by atoms with Crippen LogP contribution in [-0.4, -0.2) is 96.7 Å². The Balaban J connectivity index is 5.26. The summed E-state index contributed by atoms with van der Waals surface area (Å²) in [5.41, 5.74) is 0. The zero-order chi connectivity index (χ0) is 69.0. The summed E-state index contributed by atoms with van der Waals surface area (Å²) >= 11 is 0. The number of allylic oxidation sites excluding steroid dienone is 8. The Morgan fingerprint density at radius 2 is 0.553 bits per heavy atom. The van der Waals surface area contributed by atoms with Gasteiger partial charge in [0.1, 0.15) is 19.3 Å². The molecular weight excluding hydrogens is 1230 g/mol. The Labute approximate surface area is 572 Å². The van der Waals surface area contributed by atoms with Crippen LogP contribution in [0.5, 0.6) is 0 Å². The van der Waals surface area contributed by atoms with E-state index in [1.54, 1.807) is 0 Å². The second-order valence-electron chi connectivity index (χ2n) is 25.6. The zero-order valence-electron chi connectivity index (χ0n) is 59.9. The molecule has 0 spiro atoms. The first kappa shape index (κ1) is 91.0. The van der Waals surface area contributed by atoms with Crippen molar-refractivity contribution in [3.63, 3.8) is 0 Å². The highest BCUT2D eigenvalue weighted by Crippen LogP contribution is 2.45. The molecule has 0 aliphatic rings. The van der Waals surface area contributed by atoms with Crippen LogP contribution < -0.4 is 0 Å². The van der Waals surface area contributed by atoms with Crippen LogP contribution in [0.4, 0.5) is 0 Å². The molecule has 5 unspecified atom stereocenters. The van der Waals surface area contributed by atoms with Gasteiger partial charge in [0.25, 0.3) is 0 Å². The van der Waals surface area contributed by atoms with Gasteiger partial charge in [-0.15, -0.1) is 0 Å². The average Bonchev–Trinajstić information content (AvgIpc) is 1.32. The molecule has 0 aliphatic heterocycles. The third-order valence-electron chi connectivity index (χ3n) is 16.3. The molecular formula is C75H138O17P2. The van der Waals surface area contributed by atoms with E-state index in [-0.39, 0.29) is 25.7 Å². The molecule has 19 heteroatoms. The van der Waals surface area contributed by atoms with Gasteiger partial charge in [-0.05, 0) is 83.5 Å². The van der Waals surface area contributed by atoms with Crippen LogP contribution in [0, 0.1) is 0 Å². The molecule has 0 rings (SSSR count). The molecule has 0 aromatic heterocycles. The minimum Gasteiger partial charge on any atom is -0.462 e. The normalized spacial score (nSPS) is 14.2. The molecule has 0 amide bonds. The Kier molecular flexibility index (Phi) is 66.4. The number of esters is 4. The van der Waals surface area contributed by atoms with Crippen molar-refractivity contribution < 1.29 is 80.2 Å². The number of rotatable bonds is 72. The molecule has 17 nitrogen and oxygen atoms in total. The Hall–Kier alpha value is -2.98. The minimum atomic E-state index is -4.96. The van der Waals surface area contributed by atoms with Gasteiger partial charge in [0.2, 0.25) is 0 Å². The predicted octanol–water partition coefficient (Wildman–Crippen LogP) is 21.3. The number of phosphoric ester groups is 2. The van der Waals surface area contributed by atoms with Gasteiger partial charge in [-0.2, -0.15) is 0 Å². The lowest BCUT2D eigenvalue weighted by Crippen LogP contribution is -2.30. The molecule has 0 saturated carbocycles. The molecule has 5 atom stereocenters. The van der Waals surface area contributed by atoms with Crippen molar-refractivity contribution in [3.05, 3.63) is 48.6 Å². The van der Waals surface area contributed by atoms with Gasteiger partial charge in [-0.25, -0.2) is 9.13 Å². The smallest absolute Gasteiger partial charge is 0.462 e. The van der Waals surface area contributed by atoms with Gasteiger partial charge in [0.15, 0.2) is 12.2 Å². The van der Waals surface area contributed by atoms with Crippen LogP contribution in [-0.2, 0) is 65.4 Å². The van der Waals surface area contributed by atoms with Gasteiger partial charge in [-0.1, -0.05) is 288 Å². The SMILES string of the molecule is CC/C=C\C/C=C\C/C=C\CCCCCCCCCC(=O)OCC(COP(=O)(O)OCC(O)COP(=O)(O)OCC(COC(=O)CCCCCCC/C=C\CCCCCCCC)OC(=O)CCCCCCCCCCCCC)OC(=O)CCCCCCCCCCCCC. The standard InChI is InChI=1S/C75H138O17P2/c1-5-9-13-17-21-25-29-31-33-34-36-38-42-44-48-52-56-60-73(78)86-66-71(92-75(80)62-58-54-50-46-40-28-24-20-16-12-8-4)68-90-94(83,84)88-64-69(76)63-87-93(81,82)89-67-70(91-74(79)61-57-53-49-45-39-27-23-19-15-11-7-3)65-85-72(77)59-55-51-47-43-41-37-35-32-30-26-22-18-14-10-6-2/h9,13,21,25,31-33,35,69-71,76H,5-8,10-12,14-20,22-24,26-30,34,36-68H2,1-4H3,(H,81,82)(H,83,84)/b13-9-,25-21-,33-31-,35-32-. The Morgan fingerprint density at radius 3 is 0.862 bits per heavy atom. The Morgan fingerprint density at radius 1 is 0.309 bits per heavy atom. The molecule has 0 aromatic carbocycles. The van der Waals surface area contributed by atoms with Crippen LogP contribution >= 0.6 is 15.6 Å². The molecule has 0 bridgehead atoms. The lowest BCUT2D eigenvalue weighted by atomic mass is 10.1. The number of ether oxygens (including phenoxy) is 4. The number of carbonyl (C=O) groups is 4. The number of aliphatic hydroxyl groups is 1. The first-order valence-corrected chi connectivity index (χ1v) is 40.9. The summed E-state index contributed by atoms with van der Waals surface area (Å²) in [7, 11) is -9.92. The molecule has 94 heavy (non-hydrogen) atoms. The number of carbonyl (C=O) groups excluding carboxylic acids is 4. The number of hydrogen-bond acceptors (Lipinski definition) is 15. The second kappa shape index (κ2) is 68.5. The molecule has 0 radical (unpaired) electrons. The van der Waals surface area contributed by atoms with Gasteiger partial charge in [0, 0.05) is 25.7 Å². The molecule has 0 fully saturated rings. The quantitative estimate of drug-likeness (QED) is 0.0169. The van der Waals surface area contributed by atoms with Crippen molar-refractivity contribution in [2.75, 3.05) is 39.6 Å². The fourth-order valence-corrected chi connectivity index (χ4v) is 12.1. The monoisotopic (exact) mass is 1370 g/mol. The van der Waals surface area contributed by atoms with Crippen LogP contribution in [0.2, 0.25) is 0 Å². The van der Waals surface area contributed by atoms with Crippen molar-refractivity contribution in [1.29, 1.82) is 0 Å². The molecule has 0 aliphatic carbocycles. The van der Waals surface area contributed by atoms with Crippen LogP contribution in [0.3, 0.4) is 0 Å². The van der Waals surface area contributed by atoms with E-state index >= 15 is 0 Å². The third kappa shape index (κ3) is 67.6. The maximum Gasteiger partial charge on any atom is 0.472 e. The highest BCUT2D eigenvalue weighted by molar-refractivity contribution is 7.47. The fraction of sp³-hybridized carbons (Fsp3) is 0.840. The summed E-state index contributed by atoms with van der Waals surface area (Å²) < 4.78 is 68.4. The number of unbranched alkanes of at least 4 members (excludes halogenated alkanes) is 38. The Bertz CT molecular complexity index is 1980. The van der Waals surface area contributed by atoms with E-state index in [0.717, 1.165) is 154 Å². The molecule has 0 aromatic rings. The molecule has 0 heterocycles. The third-order valence-corrected chi connectivity index (χ3v) is 18.2. The van der Waals surface area contributed by atoms with E-state index in [2.05, 4.69) is 76.3 Å². The maximum absolute atomic E-state index is 13.0. The van der Waals surface area contributed by atoms with Gasteiger partial charge < -0.3 is 33.8 Å². The number of phosphoric acid groups is 2. The van der Waals surface area contributed by atoms with Gasteiger partial charge in [-0.3, -0.25) is 37.3 Å². The van der Waals surface area contributed by atoms with Gasteiger partial charge >= 0.3 is 39.5 Å². The van der Waals surface area contributed by atoms with E-state index in [0.29, 0.717) is 25.7 Å². The maximum atomic E-state index is 13.0. The summed E-state index contributed by atoms with van der Waals surface area (Å²) in [4.78, 5) is 72.7. The van der Waals surface area contributed by atoms with Crippen molar-refractivity contribution >= 4 is 39.5 Å². The molecule has 550 valence electrons. The van der Waals surface area contributed by atoms with Crippen molar-refractivity contribution in [2.45, 2.75) is 367 Å². The summed E-state index contributed by atoms with van der Waals surface area (Å²) in [6.07, 6.45) is 63.9. The van der Waals surface area contributed by atoms with E-state index in [4.69, 9.17) is 37.0 Å². The minimum absolute atomic E-state index is 0.0993. The highest BCUT2D eigenvalue weighted by atomic mass is 31.2. The van der Waals surface area contributed by atoms with Crippen molar-refractivity contribution in [1.82, 2.24) is 0 Å². The lowest BCUT2D eigenvalue weighted by molar-refractivity contribution is -0.161. The summed E-state index contributed by atoms with van der Waals surface area (Å²) in [5, 5.41) is 10.6. The topological polar surface area (TPSA) is 237 Å². The van der Waals surface area contributed by atoms with Crippen LogP contribution in [0.15, 0.2) is 48.6 Å². The largest absolute Gasteiger partial charge is 0.472 e. The van der Waals surface area contributed by atoms with Gasteiger partial charge in [0.05, 0.1) is 26.4 Å². The van der Waals surface area contributed by atoms with Crippen LogP contribution in [0.1, 0.15) is 349 Å². The van der Waals surface area contributed by atoms with Crippen molar-refractivity contribution in [3.8, 4) is 0 Å². The van der Waals surface area contributed by atoms with E-state index in [1.165, 1.54) is 116 Å². The second-order valence-corrected chi connectivity index (χ2v) is 28.5. The first-order valence-electron chi connectivity index (χ1n) is 37.9. The predicted molar refractivity (Wildman–Crippen MR) is 381 cm³/mol. The van der Waals surface area contributed by atoms with E-state index in [9.17, 15) is 43.2 Å². The summed E-state index contributed by atoms with van der Waals surface area (Å²) in [6, 6.07) is 0. The first-order chi connectivity index (χ1) is 45.7.